The molecule has 3 heterocycles. The van der Waals surface area contributed by atoms with E-state index in [1.54, 1.807) is 0 Å². The second kappa shape index (κ2) is 11.1. The summed E-state index contributed by atoms with van der Waals surface area (Å²) in [5.74, 6) is -0.897. The van der Waals surface area contributed by atoms with E-state index < -0.39 is 30.3 Å². The lowest BCUT2D eigenvalue weighted by Crippen LogP contribution is -2.49. The van der Waals surface area contributed by atoms with Crippen molar-refractivity contribution in [2.45, 2.75) is 49.9 Å². The molecule has 3 aliphatic rings. The summed E-state index contributed by atoms with van der Waals surface area (Å²) in [6.07, 6.45) is -2.62. The van der Waals surface area contributed by atoms with Crippen LogP contribution in [0.1, 0.15) is 54.1 Å². The number of benzene rings is 1. The Kier molecular flexibility index (Phi) is 7.88. The van der Waals surface area contributed by atoms with Crippen LogP contribution < -0.4 is 15.7 Å². The van der Waals surface area contributed by atoms with Crippen molar-refractivity contribution >= 4 is 30.0 Å². The third-order valence-electron chi connectivity index (χ3n) is 7.52. The predicted octanol–water partition coefficient (Wildman–Crippen LogP) is 1.88. The Morgan fingerprint density at radius 3 is 2.52 bits per heavy atom. The Balaban J connectivity index is 1.39. The molecule has 214 valence electrons. The zero-order chi connectivity index (χ0) is 28.7. The van der Waals surface area contributed by atoms with Crippen molar-refractivity contribution in [2.24, 2.45) is 4.99 Å². The molecule has 0 unspecified atom stereocenters. The second-order valence-electron chi connectivity index (χ2n) is 10.3. The van der Waals surface area contributed by atoms with Crippen molar-refractivity contribution in [3.05, 3.63) is 52.6 Å². The van der Waals surface area contributed by atoms with Crippen molar-refractivity contribution in [3.8, 4) is 0 Å². The highest BCUT2D eigenvalue weighted by atomic mass is 19.4. The lowest BCUT2D eigenvalue weighted by molar-refractivity contribution is -0.141. The number of hydrogen-bond acceptors (Lipinski definition) is 8. The number of anilines is 1. The van der Waals surface area contributed by atoms with Gasteiger partial charge in [-0.1, -0.05) is 0 Å². The smallest absolute Gasteiger partial charge is 0.423 e. The standard InChI is InChI=1S/C26H29BF4N4O5/c1-39-10-11-40-14-18-19(28)12-16(27(37)38)13-20(18)35-8-6-25(7-9-35)24(36)33-23(34-25)17-4-5-21(26(29,30)31)32-22(17)15-2-3-15/h4-5,12-13,15,37-38H,2-3,6-11,14H2,1H3,(H,33,34,36). The maximum absolute atomic E-state index is 15.0. The molecule has 3 N–H and O–H groups in total. The van der Waals surface area contributed by atoms with Crippen LogP contribution in [-0.4, -0.2) is 72.8 Å². The van der Waals surface area contributed by atoms with Gasteiger partial charge in [-0.2, -0.15) is 13.2 Å². The van der Waals surface area contributed by atoms with Gasteiger partial charge >= 0.3 is 13.3 Å². The first-order valence-electron chi connectivity index (χ1n) is 13.0. The van der Waals surface area contributed by atoms with Crippen molar-refractivity contribution in [1.29, 1.82) is 0 Å². The molecule has 1 aromatic carbocycles. The largest absolute Gasteiger partial charge is 0.488 e. The summed E-state index contributed by atoms with van der Waals surface area (Å²) in [4.78, 5) is 23.6. The molecule has 1 saturated carbocycles. The predicted molar refractivity (Wildman–Crippen MR) is 138 cm³/mol. The topological polar surface area (TPSA) is 117 Å². The van der Waals surface area contributed by atoms with E-state index in [-0.39, 0.29) is 60.4 Å². The number of methoxy groups -OCH3 is 1. The number of nitrogens with one attached hydrogen (secondary N) is 1. The summed E-state index contributed by atoms with van der Waals surface area (Å²) in [5.41, 5.74) is -0.786. The lowest BCUT2D eigenvalue weighted by atomic mass is 9.79. The number of carbonyl (C=O) groups excluding carboxylic acids is 1. The summed E-state index contributed by atoms with van der Waals surface area (Å²) >= 11 is 0. The van der Waals surface area contributed by atoms with Crippen molar-refractivity contribution in [3.63, 3.8) is 0 Å². The van der Waals surface area contributed by atoms with E-state index in [2.05, 4.69) is 10.3 Å². The van der Waals surface area contributed by atoms with Gasteiger partial charge in [-0.15, -0.1) is 0 Å². The molecule has 14 heteroatoms. The monoisotopic (exact) mass is 564 g/mol. The lowest BCUT2D eigenvalue weighted by Gasteiger charge is -2.38. The number of alkyl halides is 3. The molecule has 5 rings (SSSR count). The van der Waals surface area contributed by atoms with Gasteiger partial charge in [0.25, 0.3) is 5.91 Å². The fraction of sp³-hybridized carbons (Fsp3) is 0.500. The highest BCUT2D eigenvalue weighted by Gasteiger charge is 2.47. The van der Waals surface area contributed by atoms with E-state index >= 15 is 4.39 Å². The number of ether oxygens (including phenoxy) is 2. The summed E-state index contributed by atoms with van der Waals surface area (Å²) in [7, 11) is -0.358. The van der Waals surface area contributed by atoms with Crippen LogP contribution in [0.5, 0.6) is 0 Å². The molecule has 1 aliphatic carbocycles. The summed E-state index contributed by atoms with van der Waals surface area (Å²) in [6.45, 7) is 1.08. The van der Waals surface area contributed by atoms with Gasteiger partial charge in [0.1, 0.15) is 22.9 Å². The highest BCUT2D eigenvalue weighted by molar-refractivity contribution is 6.58. The summed E-state index contributed by atoms with van der Waals surface area (Å²) in [5, 5.41) is 22.1. The second-order valence-corrected chi connectivity index (χ2v) is 10.3. The van der Waals surface area contributed by atoms with Crippen LogP contribution in [0.2, 0.25) is 0 Å². The molecule has 2 aliphatic heterocycles. The zero-order valence-electron chi connectivity index (χ0n) is 21.8. The average molecular weight is 564 g/mol. The molecular weight excluding hydrogens is 535 g/mol. The molecule has 2 fully saturated rings. The highest BCUT2D eigenvalue weighted by Crippen LogP contribution is 2.43. The molecule has 0 atom stereocenters. The Morgan fingerprint density at radius 2 is 1.90 bits per heavy atom. The van der Waals surface area contributed by atoms with E-state index in [0.29, 0.717) is 30.9 Å². The fourth-order valence-electron chi connectivity index (χ4n) is 5.13. The Hall–Kier alpha value is -3.07. The third kappa shape index (κ3) is 5.71. The molecule has 2 aromatic rings. The molecule has 0 bridgehead atoms. The van der Waals surface area contributed by atoms with Crippen LogP contribution >= 0.6 is 0 Å². The van der Waals surface area contributed by atoms with Crippen LogP contribution in [-0.2, 0) is 27.1 Å². The quantitative estimate of drug-likeness (QED) is 0.242. The maximum atomic E-state index is 15.0. The maximum Gasteiger partial charge on any atom is 0.488 e. The number of aliphatic imine (C=N–C) groups is 1. The first-order valence-corrected chi connectivity index (χ1v) is 13.0. The molecule has 40 heavy (non-hydrogen) atoms. The van der Waals surface area contributed by atoms with Crippen molar-refractivity contribution < 1.29 is 41.9 Å². The Morgan fingerprint density at radius 1 is 1.18 bits per heavy atom. The van der Waals surface area contributed by atoms with Gasteiger partial charge in [0.2, 0.25) is 0 Å². The number of amides is 1. The molecular formula is C26H29BF4N4O5. The number of amidine groups is 1. The van der Waals surface area contributed by atoms with Gasteiger partial charge in [-0.25, -0.2) is 9.37 Å². The molecule has 1 aromatic heterocycles. The van der Waals surface area contributed by atoms with Crippen LogP contribution in [0.25, 0.3) is 0 Å². The number of carbonyl (C=O) groups is 1. The van der Waals surface area contributed by atoms with Gasteiger partial charge in [0, 0.05) is 42.9 Å². The van der Waals surface area contributed by atoms with Gasteiger partial charge < -0.3 is 29.7 Å². The zero-order valence-corrected chi connectivity index (χ0v) is 21.8. The van der Waals surface area contributed by atoms with Crippen molar-refractivity contribution in [2.75, 3.05) is 38.3 Å². The Labute approximate surface area is 228 Å². The minimum atomic E-state index is -4.58. The molecule has 1 saturated heterocycles. The first-order chi connectivity index (χ1) is 19.0. The molecule has 9 nitrogen and oxygen atoms in total. The fourth-order valence-corrected chi connectivity index (χ4v) is 5.13. The van der Waals surface area contributed by atoms with Crippen LogP contribution in [0.15, 0.2) is 29.3 Å². The number of piperidine rings is 1. The van der Waals surface area contributed by atoms with Crippen LogP contribution in [0, 0.1) is 5.82 Å². The van der Waals surface area contributed by atoms with E-state index in [9.17, 15) is 28.0 Å². The van der Waals surface area contributed by atoms with E-state index in [0.717, 1.165) is 25.0 Å². The van der Waals surface area contributed by atoms with E-state index in [1.807, 2.05) is 4.90 Å². The number of halogens is 4. The van der Waals surface area contributed by atoms with Gasteiger partial charge in [-0.3, -0.25) is 9.79 Å². The molecule has 0 radical (unpaired) electrons. The number of rotatable bonds is 9. The number of aromatic nitrogens is 1. The number of hydrogen-bond donors (Lipinski definition) is 3. The minimum absolute atomic E-state index is 0.0187. The third-order valence-corrected chi connectivity index (χ3v) is 7.52. The first kappa shape index (κ1) is 28.5. The normalized spacial score (nSPS) is 18.7. The van der Waals surface area contributed by atoms with Gasteiger partial charge in [0.05, 0.1) is 25.5 Å². The summed E-state index contributed by atoms with van der Waals surface area (Å²) in [6, 6.07) is 4.75. The van der Waals surface area contributed by atoms with Crippen LogP contribution in [0.4, 0.5) is 23.2 Å². The van der Waals surface area contributed by atoms with Crippen LogP contribution in [0.3, 0.4) is 0 Å². The SMILES string of the molecule is COCCOCc1c(F)cc(B(O)O)cc1N1CCC2(CC1)N=C(c1ccc(C(F)(F)F)nc1C1CC1)NC2=O. The number of nitrogens with zero attached hydrogens (tertiary/aromatic N) is 3. The van der Waals surface area contributed by atoms with E-state index in [1.165, 1.54) is 19.2 Å². The number of pyridine rings is 1. The average Bonchev–Trinajstić information content (AvgIpc) is 3.71. The van der Waals surface area contributed by atoms with Gasteiger partial charge in [0.15, 0.2) is 0 Å². The Bertz CT molecular complexity index is 1310. The molecule has 1 amide bonds. The van der Waals surface area contributed by atoms with Crippen molar-refractivity contribution in [1.82, 2.24) is 10.3 Å². The summed E-state index contributed by atoms with van der Waals surface area (Å²) < 4.78 is 65.3. The van der Waals surface area contributed by atoms with Gasteiger partial charge in [-0.05, 0) is 55.4 Å². The minimum Gasteiger partial charge on any atom is -0.423 e. The van der Waals surface area contributed by atoms with E-state index in [4.69, 9.17) is 14.5 Å². The molecule has 1 spiro atoms.